The highest BCUT2D eigenvalue weighted by atomic mass is 35.5. The van der Waals surface area contributed by atoms with Crippen LogP contribution in [0, 0.1) is 0 Å². The number of furan rings is 2. The van der Waals surface area contributed by atoms with E-state index in [1.54, 1.807) is 32.4 Å². The second-order valence-corrected chi connectivity index (χ2v) is 12.0. The number of fused-ring (bicyclic) bond motifs is 6. The Morgan fingerprint density at radius 1 is 0.755 bits per heavy atom. The molecule has 0 aliphatic carbocycles. The Bertz CT molecular complexity index is 2230. The highest BCUT2D eigenvalue weighted by molar-refractivity contribution is 6.29. The number of aldehydes is 1. The van der Waals surface area contributed by atoms with Crippen molar-refractivity contribution in [2.75, 3.05) is 76.5 Å². The van der Waals surface area contributed by atoms with Gasteiger partial charge in [0.2, 0.25) is 27.9 Å². The minimum absolute atomic E-state index is 0.105. The molecule has 15 nitrogen and oxygen atoms in total. The van der Waals surface area contributed by atoms with Gasteiger partial charge in [-0.1, -0.05) is 0 Å². The molecular formula is C32H29Cl2N9O6. The lowest BCUT2D eigenvalue weighted by Gasteiger charge is -2.27. The van der Waals surface area contributed by atoms with Gasteiger partial charge in [0.25, 0.3) is 0 Å². The summed E-state index contributed by atoms with van der Waals surface area (Å²) in [6.45, 7) is 5.29. The number of carbonyl (C=O) groups is 2. The number of morpholine rings is 2. The molecule has 2 aliphatic rings. The summed E-state index contributed by atoms with van der Waals surface area (Å²) in [7, 11) is 3.40. The van der Waals surface area contributed by atoms with Crippen LogP contribution in [0.3, 0.4) is 0 Å². The number of ether oxygens (including phenoxy) is 2. The summed E-state index contributed by atoms with van der Waals surface area (Å²) >= 11 is 12.2. The minimum Gasteiger partial charge on any atom is -0.432 e. The van der Waals surface area contributed by atoms with Gasteiger partial charge in [0.1, 0.15) is 11.0 Å². The summed E-state index contributed by atoms with van der Waals surface area (Å²) in [4.78, 5) is 54.1. The van der Waals surface area contributed by atoms with Crippen molar-refractivity contribution in [3.63, 3.8) is 0 Å². The van der Waals surface area contributed by atoms with Crippen molar-refractivity contribution in [2.24, 2.45) is 0 Å². The maximum Gasteiger partial charge on any atom is 0.246 e. The molecule has 0 saturated carbocycles. The van der Waals surface area contributed by atoms with Crippen LogP contribution in [-0.2, 0) is 14.3 Å². The Morgan fingerprint density at radius 3 is 1.69 bits per heavy atom. The SMILES string of the molecule is CN(C)C(=O)/C=C/c1cnc2oc3c(N4CCOCC4)nc(Cl)nc3c2c1.O=Cc1cnc2oc3c(N4CCOCC4)nc(Cl)nc3c2c1. The monoisotopic (exact) mass is 705 g/mol. The third-order valence-electron chi connectivity index (χ3n) is 7.91. The standard InChI is InChI=1S/C18H18ClN5O3.C14H11ClN4O3/c1-23(2)13(25)4-3-11-9-12-14-15(27-17(12)20-10-11)16(22-18(19)21-14)24-5-7-26-8-6-24;15-14-17-10-9-5-8(7-20)6-16-13(9)22-11(10)12(18-14)19-1-3-21-4-2-19/h3-4,9-10H,5-8H2,1-2H3;5-7H,1-4H2/b4-3+;. The van der Waals surface area contributed by atoms with Crippen molar-refractivity contribution >= 4 is 97.5 Å². The smallest absolute Gasteiger partial charge is 0.246 e. The second-order valence-electron chi connectivity index (χ2n) is 11.3. The molecule has 2 aliphatic heterocycles. The van der Waals surface area contributed by atoms with Crippen molar-refractivity contribution < 1.29 is 27.9 Å². The van der Waals surface area contributed by atoms with Gasteiger partial charge < -0.3 is 33.0 Å². The lowest BCUT2D eigenvalue weighted by Crippen LogP contribution is -2.36. The van der Waals surface area contributed by atoms with E-state index in [1.165, 1.54) is 17.2 Å². The van der Waals surface area contributed by atoms with Crippen LogP contribution in [0.25, 0.3) is 50.5 Å². The number of hydrogen-bond donors (Lipinski definition) is 0. The van der Waals surface area contributed by atoms with Crippen LogP contribution in [0.4, 0.5) is 11.6 Å². The van der Waals surface area contributed by atoms with Crippen molar-refractivity contribution in [3.05, 3.63) is 52.3 Å². The molecule has 0 unspecified atom stereocenters. The van der Waals surface area contributed by atoms with Crippen LogP contribution >= 0.6 is 23.2 Å². The molecule has 0 spiro atoms. The van der Waals surface area contributed by atoms with E-state index in [-0.39, 0.29) is 16.5 Å². The summed E-state index contributed by atoms with van der Waals surface area (Å²) in [6, 6.07) is 3.56. The normalized spacial score (nSPS) is 15.3. The van der Waals surface area contributed by atoms with E-state index >= 15 is 0 Å². The molecule has 6 aromatic heterocycles. The average molecular weight is 707 g/mol. The molecule has 2 fully saturated rings. The lowest BCUT2D eigenvalue weighted by molar-refractivity contribution is -0.123. The molecule has 8 rings (SSSR count). The predicted molar refractivity (Wildman–Crippen MR) is 183 cm³/mol. The molecule has 8 heterocycles. The molecule has 49 heavy (non-hydrogen) atoms. The third-order valence-corrected chi connectivity index (χ3v) is 8.25. The summed E-state index contributed by atoms with van der Waals surface area (Å²) in [5.74, 6) is 1.17. The molecule has 0 N–H and O–H groups in total. The van der Waals surface area contributed by atoms with Gasteiger partial charge in [-0.2, -0.15) is 9.97 Å². The van der Waals surface area contributed by atoms with Gasteiger partial charge >= 0.3 is 0 Å². The fraction of sp³-hybridized carbons (Fsp3) is 0.312. The first-order valence-electron chi connectivity index (χ1n) is 15.3. The van der Waals surface area contributed by atoms with Gasteiger partial charge in [-0.05, 0) is 47.0 Å². The van der Waals surface area contributed by atoms with Gasteiger partial charge in [-0.3, -0.25) is 9.59 Å². The van der Waals surface area contributed by atoms with Crippen molar-refractivity contribution in [2.45, 2.75) is 0 Å². The molecular weight excluding hydrogens is 677 g/mol. The predicted octanol–water partition coefficient (Wildman–Crippen LogP) is 4.44. The average Bonchev–Trinajstić information content (AvgIpc) is 3.68. The Labute approximate surface area is 288 Å². The van der Waals surface area contributed by atoms with Gasteiger partial charge in [0.15, 0.2) is 29.1 Å². The molecule has 0 atom stereocenters. The first-order chi connectivity index (χ1) is 23.8. The van der Waals surface area contributed by atoms with Crippen LogP contribution in [0.5, 0.6) is 0 Å². The number of nitrogens with zero attached hydrogens (tertiary/aromatic N) is 9. The van der Waals surface area contributed by atoms with Crippen LogP contribution < -0.4 is 9.80 Å². The number of amides is 1. The van der Waals surface area contributed by atoms with E-state index in [0.717, 1.165) is 17.2 Å². The van der Waals surface area contributed by atoms with Crippen LogP contribution in [0.2, 0.25) is 10.6 Å². The Morgan fingerprint density at radius 2 is 1.22 bits per heavy atom. The Balaban J connectivity index is 0.000000157. The zero-order chi connectivity index (χ0) is 34.1. The van der Waals surface area contributed by atoms with E-state index in [4.69, 9.17) is 41.5 Å². The largest absolute Gasteiger partial charge is 0.432 e. The molecule has 0 bridgehead atoms. The summed E-state index contributed by atoms with van der Waals surface area (Å²) < 4.78 is 22.5. The highest BCUT2D eigenvalue weighted by Gasteiger charge is 2.24. The summed E-state index contributed by atoms with van der Waals surface area (Å²) in [6.07, 6.45) is 7.04. The second kappa shape index (κ2) is 13.9. The number of hydrogen-bond acceptors (Lipinski definition) is 14. The van der Waals surface area contributed by atoms with Gasteiger partial charge in [0.05, 0.1) is 37.2 Å². The van der Waals surface area contributed by atoms with Crippen molar-refractivity contribution in [1.29, 1.82) is 0 Å². The third kappa shape index (κ3) is 6.70. The van der Waals surface area contributed by atoms with Gasteiger partial charge in [-0.25, -0.2) is 19.9 Å². The maximum absolute atomic E-state index is 11.8. The van der Waals surface area contributed by atoms with E-state index in [9.17, 15) is 9.59 Å². The van der Waals surface area contributed by atoms with E-state index < -0.39 is 0 Å². The Kier molecular flexibility index (Phi) is 9.23. The molecule has 1 amide bonds. The summed E-state index contributed by atoms with van der Waals surface area (Å²) in [5, 5.41) is 1.66. The number of aromatic nitrogens is 6. The zero-order valence-electron chi connectivity index (χ0n) is 26.4. The zero-order valence-corrected chi connectivity index (χ0v) is 27.9. The molecule has 6 aromatic rings. The summed E-state index contributed by atoms with van der Waals surface area (Å²) in [5.41, 5.74) is 4.33. The highest BCUT2D eigenvalue weighted by Crippen LogP contribution is 2.35. The molecule has 0 aromatic carbocycles. The number of halogens is 2. The van der Waals surface area contributed by atoms with E-state index in [0.29, 0.717) is 109 Å². The Hall–Kier alpha value is -4.96. The number of carbonyl (C=O) groups excluding carboxylic acids is 2. The van der Waals surface area contributed by atoms with Crippen molar-refractivity contribution in [3.8, 4) is 0 Å². The van der Waals surface area contributed by atoms with E-state index in [1.807, 2.05) is 11.0 Å². The first kappa shape index (κ1) is 32.6. The van der Waals surface area contributed by atoms with Gasteiger partial charge in [-0.15, -0.1) is 0 Å². The number of rotatable bonds is 5. The topological polar surface area (TPSA) is 166 Å². The fourth-order valence-corrected chi connectivity index (χ4v) is 5.79. The van der Waals surface area contributed by atoms with Crippen LogP contribution in [-0.4, -0.2) is 114 Å². The number of pyridine rings is 2. The maximum atomic E-state index is 11.8. The van der Waals surface area contributed by atoms with Crippen LogP contribution in [0.1, 0.15) is 15.9 Å². The lowest BCUT2D eigenvalue weighted by atomic mass is 10.2. The molecule has 0 radical (unpaired) electrons. The minimum atomic E-state index is -0.105. The molecule has 2 saturated heterocycles. The molecule has 17 heteroatoms. The number of anilines is 2. The van der Waals surface area contributed by atoms with Crippen LogP contribution in [0.15, 0.2) is 39.4 Å². The van der Waals surface area contributed by atoms with Crippen molar-refractivity contribution in [1.82, 2.24) is 34.8 Å². The molecule has 252 valence electrons. The number of likely N-dealkylation sites (N-methyl/N-ethyl adjacent to an activating group) is 1. The van der Waals surface area contributed by atoms with Gasteiger partial charge in [0, 0.05) is 64.3 Å². The first-order valence-corrected chi connectivity index (χ1v) is 16.1. The quantitative estimate of drug-likeness (QED) is 0.140. The fourth-order valence-electron chi connectivity index (χ4n) is 5.46. The van der Waals surface area contributed by atoms with E-state index in [2.05, 4.69) is 34.8 Å².